The third-order valence-corrected chi connectivity index (χ3v) is 7.20. The van der Waals surface area contributed by atoms with Gasteiger partial charge in [0.25, 0.3) is 0 Å². The number of aromatic nitrogens is 3. The Morgan fingerprint density at radius 3 is 2.71 bits per heavy atom. The van der Waals surface area contributed by atoms with Gasteiger partial charge in [0.05, 0.1) is 5.75 Å². The first kappa shape index (κ1) is 21.9. The Bertz CT molecular complexity index is 1020. The zero-order chi connectivity index (χ0) is 21.6. The second-order valence-corrected chi connectivity index (χ2v) is 9.48. The van der Waals surface area contributed by atoms with Crippen molar-refractivity contribution in [2.24, 2.45) is 0 Å². The molecule has 2 aromatic carbocycles. The number of carbonyl (C=O) groups excluding carboxylic acids is 1. The van der Waals surface area contributed by atoms with Gasteiger partial charge in [-0.3, -0.25) is 4.79 Å². The normalized spacial score (nSPS) is 15.8. The molecule has 0 saturated heterocycles. The second-order valence-electron chi connectivity index (χ2n) is 8.54. The fourth-order valence-corrected chi connectivity index (χ4v) is 5.23. The predicted molar refractivity (Wildman–Crippen MR) is 128 cm³/mol. The largest absolute Gasteiger partial charge is 0.353 e. The summed E-state index contributed by atoms with van der Waals surface area (Å²) in [5.41, 5.74) is 1.27. The van der Waals surface area contributed by atoms with Crippen molar-refractivity contribution < 1.29 is 4.79 Å². The molecule has 4 rings (SSSR count). The first-order valence-electron chi connectivity index (χ1n) is 11.5. The zero-order valence-electron chi connectivity index (χ0n) is 18.5. The van der Waals surface area contributed by atoms with Gasteiger partial charge in [-0.05, 0) is 42.5 Å². The van der Waals surface area contributed by atoms with Gasteiger partial charge in [-0.1, -0.05) is 80.4 Å². The molecular formula is C25H32N4OS. The molecule has 0 bridgehead atoms. The van der Waals surface area contributed by atoms with Crippen LogP contribution < -0.4 is 5.32 Å². The van der Waals surface area contributed by atoms with Crippen LogP contribution in [-0.4, -0.2) is 32.5 Å². The van der Waals surface area contributed by atoms with Crippen LogP contribution in [0, 0.1) is 0 Å². The van der Waals surface area contributed by atoms with Gasteiger partial charge in [-0.25, -0.2) is 0 Å². The summed E-state index contributed by atoms with van der Waals surface area (Å²) in [5.74, 6) is 1.45. The summed E-state index contributed by atoms with van der Waals surface area (Å²) < 4.78 is 2.34. The van der Waals surface area contributed by atoms with Crippen LogP contribution in [0.2, 0.25) is 0 Å². The van der Waals surface area contributed by atoms with Crippen molar-refractivity contribution in [1.29, 1.82) is 0 Å². The molecule has 1 saturated carbocycles. The summed E-state index contributed by atoms with van der Waals surface area (Å²) in [6.45, 7) is 4.12. The van der Waals surface area contributed by atoms with Crippen LogP contribution in [0.15, 0.2) is 47.6 Å². The average Bonchev–Trinajstić information content (AvgIpc) is 3.21. The second kappa shape index (κ2) is 10.3. The van der Waals surface area contributed by atoms with E-state index in [4.69, 9.17) is 0 Å². The predicted octanol–water partition coefficient (Wildman–Crippen LogP) is 5.53. The van der Waals surface area contributed by atoms with Crippen LogP contribution >= 0.6 is 11.8 Å². The van der Waals surface area contributed by atoms with Gasteiger partial charge in [-0.15, -0.1) is 10.2 Å². The molecule has 0 spiro atoms. The number of nitrogens with zero attached hydrogens (tertiary/aromatic N) is 3. The van der Waals surface area contributed by atoms with Crippen LogP contribution in [0.3, 0.4) is 0 Å². The van der Waals surface area contributed by atoms with E-state index in [0.717, 1.165) is 36.7 Å². The molecule has 3 aromatic rings. The Kier molecular flexibility index (Phi) is 7.28. The molecule has 1 fully saturated rings. The molecule has 1 N–H and O–H groups in total. The molecule has 164 valence electrons. The first-order valence-corrected chi connectivity index (χ1v) is 12.5. The van der Waals surface area contributed by atoms with E-state index in [1.54, 1.807) is 0 Å². The number of rotatable bonds is 8. The number of fused-ring (bicyclic) bond motifs is 1. The molecule has 1 heterocycles. The standard InChI is InChI=1S/C25H32N4OS/c1-3-18(2)26-24(30)17-31-25-28-27-23(29(25)21-13-5-4-6-14-21)16-20-12-9-11-19-10-7-8-15-22(19)20/h7-12,15,18,21H,3-6,13-14,16-17H2,1-2H3,(H,26,30). The van der Waals surface area contributed by atoms with Crippen molar-refractivity contribution in [2.75, 3.05) is 5.75 Å². The molecule has 1 aromatic heterocycles. The molecule has 0 aliphatic heterocycles. The minimum absolute atomic E-state index is 0.0631. The van der Waals surface area contributed by atoms with E-state index in [2.05, 4.69) is 69.5 Å². The van der Waals surface area contributed by atoms with Crippen LogP contribution in [0.4, 0.5) is 0 Å². The summed E-state index contributed by atoms with van der Waals surface area (Å²) in [6, 6.07) is 15.6. The molecule has 1 amide bonds. The fourth-order valence-electron chi connectivity index (χ4n) is 4.40. The maximum absolute atomic E-state index is 12.3. The molecular weight excluding hydrogens is 404 g/mol. The summed E-state index contributed by atoms with van der Waals surface area (Å²) >= 11 is 1.51. The topological polar surface area (TPSA) is 59.8 Å². The van der Waals surface area contributed by atoms with Crippen molar-refractivity contribution >= 4 is 28.4 Å². The highest BCUT2D eigenvalue weighted by molar-refractivity contribution is 7.99. The lowest BCUT2D eigenvalue weighted by Crippen LogP contribution is -2.33. The number of benzene rings is 2. The first-order chi connectivity index (χ1) is 15.2. The average molecular weight is 437 g/mol. The van der Waals surface area contributed by atoms with Gasteiger partial charge in [0.2, 0.25) is 5.91 Å². The number of amides is 1. The smallest absolute Gasteiger partial charge is 0.230 e. The van der Waals surface area contributed by atoms with Crippen molar-refractivity contribution in [3.63, 3.8) is 0 Å². The van der Waals surface area contributed by atoms with Crippen molar-refractivity contribution in [1.82, 2.24) is 20.1 Å². The lowest BCUT2D eigenvalue weighted by atomic mass is 9.95. The molecule has 1 atom stereocenters. The number of hydrogen-bond donors (Lipinski definition) is 1. The van der Waals surface area contributed by atoms with Crippen LogP contribution in [0.25, 0.3) is 10.8 Å². The van der Waals surface area contributed by atoms with E-state index in [0.29, 0.717) is 11.8 Å². The zero-order valence-corrected chi connectivity index (χ0v) is 19.3. The highest BCUT2D eigenvalue weighted by Gasteiger charge is 2.24. The Labute approximate surface area is 189 Å². The quantitative estimate of drug-likeness (QED) is 0.471. The Morgan fingerprint density at radius 1 is 1.13 bits per heavy atom. The number of hydrogen-bond acceptors (Lipinski definition) is 4. The van der Waals surface area contributed by atoms with E-state index in [1.807, 2.05) is 6.92 Å². The maximum atomic E-state index is 12.3. The maximum Gasteiger partial charge on any atom is 0.230 e. The van der Waals surface area contributed by atoms with Gasteiger partial charge in [0.15, 0.2) is 5.16 Å². The van der Waals surface area contributed by atoms with Gasteiger partial charge >= 0.3 is 0 Å². The molecule has 5 nitrogen and oxygen atoms in total. The summed E-state index contributed by atoms with van der Waals surface area (Å²) in [5, 5.41) is 15.6. The van der Waals surface area contributed by atoms with E-state index in [9.17, 15) is 4.79 Å². The van der Waals surface area contributed by atoms with Gasteiger partial charge in [0.1, 0.15) is 5.82 Å². The van der Waals surface area contributed by atoms with Crippen molar-refractivity contribution in [2.45, 2.75) is 76.0 Å². The SMILES string of the molecule is CCC(C)NC(=O)CSc1nnc(Cc2cccc3ccccc23)n1C1CCCCC1. The third-order valence-electron chi connectivity index (χ3n) is 6.26. The van der Waals surface area contributed by atoms with Gasteiger partial charge in [0, 0.05) is 18.5 Å². The van der Waals surface area contributed by atoms with Gasteiger partial charge in [-0.2, -0.15) is 0 Å². The highest BCUT2D eigenvalue weighted by Crippen LogP contribution is 2.33. The third kappa shape index (κ3) is 5.29. The molecule has 0 radical (unpaired) electrons. The number of thioether (sulfide) groups is 1. The lowest BCUT2D eigenvalue weighted by Gasteiger charge is -2.25. The highest BCUT2D eigenvalue weighted by atomic mass is 32.2. The molecule has 6 heteroatoms. The monoisotopic (exact) mass is 436 g/mol. The van der Waals surface area contributed by atoms with E-state index in [1.165, 1.54) is 47.4 Å². The Hall–Kier alpha value is -2.34. The number of carbonyl (C=O) groups is 1. The van der Waals surface area contributed by atoms with Crippen molar-refractivity contribution in [3.8, 4) is 0 Å². The Balaban J connectivity index is 1.59. The fraction of sp³-hybridized carbons (Fsp3) is 0.480. The van der Waals surface area contributed by atoms with Crippen molar-refractivity contribution in [3.05, 3.63) is 53.9 Å². The van der Waals surface area contributed by atoms with E-state index >= 15 is 0 Å². The molecule has 1 aliphatic rings. The number of nitrogens with one attached hydrogen (secondary N) is 1. The van der Waals surface area contributed by atoms with Crippen LogP contribution in [0.5, 0.6) is 0 Å². The summed E-state index contributed by atoms with van der Waals surface area (Å²) in [4.78, 5) is 12.3. The minimum Gasteiger partial charge on any atom is -0.353 e. The molecule has 1 unspecified atom stereocenters. The molecule has 1 aliphatic carbocycles. The van der Waals surface area contributed by atoms with Crippen LogP contribution in [-0.2, 0) is 11.2 Å². The molecule has 31 heavy (non-hydrogen) atoms. The van der Waals surface area contributed by atoms with Crippen LogP contribution in [0.1, 0.15) is 69.8 Å². The van der Waals surface area contributed by atoms with E-state index < -0.39 is 0 Å². The Morgan fingerprint density at radius 2 is 1.90 bits per heavy atom. The summed E-state index contributed by atoms with van der Waals surface area (Å²) in [7, 11) is 0. The minimum atomic E-state index is 0.0631. The lowest BCUT2D eigenvalue weighted by molar-refractivity contribution is -0.119. The van der Waals surface area contributed by atoms with Gasteiger partial charge < -0.3 is 9.88 Å². The van der Waals surface area contributed by atoms with E-state index in [-0.39, 0.29) is 11.9 Å². The summed E-state index contributed by atoms with van der Waals surface area (Å²) in [6.07, 6.45) is 7.80.